The number of carbonyl (C=O) groups excluding carboxylic acids is 1. The van der Waals surface area contributed by atoms with Crippen molar-refractivity contribution in [3.05, 3.63) is 54.9 Å². The molecular formula is C22H27BrN4O2S. The molecule has 1 aromatic carbocycles. The van der Waals surface area contributed by atoms with Crippen molar-refractivity contribution in [3.8, 4) is 0 Å². The Morgan fingerprint density at radius 2 is 1.93 bits per heavy atom. The lowest BCUT2D eigenvalue weighted by molar-refractivity contribution is -0.116. The van der Waals surface area contributed by atoms with Crippen LogP contribution in [0, 0.1) is 20.8 Å². The molecule has 6 nitrogen and oxygen atoms in total. The van der Waals surface area contributed by atoms with E-state index in [0.717, 1.165) is 38.4 Å². The highest BCUT2D eigenvalue weighted by Crippen LogP contribution is 2.27. The predicted molar refractivity (Wildman–Crippen MR) is 127 cm³/mol. The van der Waals surface area contributed by atoms with Gasteiger partial charge < -0.3 is 5.32 Å². The molecule has 160 valence electrons. The van der Waals surface area contributed by atoms with Gasteiger partial charge in [-0.15, -0.1) is 11.3 Å². The Morgan fingerprint density at radius 3 is 2.57 bits per heavy atom. The summed E-state index contributed by atoms with van der Waals surface area (Å²) in [4.78, 5) is 35.0. The second-order valence-corrected chi connectivity index (χ2v) is 9.43. The number of nitrogens with zero attached hydrogens (tertiary/aromatic N) is 3. The van der Waals surface area contributed by atoms with Crippen molar-refractivity contribution >= 4 is 49.1 Å². The molecule has 0 radical (unpaired) electrons. The fraction of sp³-hybridized carbons (Fsp3) is 0.409. The molecule has 0 aliphatic rings. The Balaban J connectivity index is 2.01. The van der Waals surface area contributed by atoms with E-state index in [1.165, 1.54) is 15.9 Å². The highest BCUT2D eigenvalue weighted by atomic mass is 79.9. The Morgan fingerprint density at radius 1 is 1.23 bits per heavy atom. The molecule has 8 heteroatoms. The molecule has 1 N–H and O–H groups in total. The first-order chi connectivity index (χ1) is 14.2. The molecule has 0 fully saturated rings. The van der Waals surface area contributed by atoms with Gasteiger partial charge in [-0.2, -0.15) is 0 Å². The highest BCUT2D eigenvalue weighted by molar-refractivity contribution is 9.10. The number of aryl methyl sites for hydroxylation is 3. The number of rotatable bonds is 7. The van der Waals surface area contributed by atoms with E-state index in [9.17, 15) is 9.59 Å². The van der Waals surface area contributed by atoms with Gasteiger partial charge in [-0.25, -0.2) is 4.98 Å². The molecule has 0 bridgehead atoms. The molecule has 0 saturated heterocycles. The van der Waals surface area contributed by atoms with E-state index in [4.69, 9.17) is 4.98 Å². The number of anilines is 1. The minimum Gasteiger partial charge on any atom is -0.324 e. The standard InChI is InChI=1S/C22H27BrN4O2S/c1-6-26(7-2)11-18-25-21-20(14(4)15(5)30-21)22(29)27(18)12-19(28)24-17-9-8-13(3)10-16(17)23/h8-10H,6-7,11-12H2,1-5H3,(H,24,28). The van der Waals surface area contributed by atoms with E-state index in [1.807, 2.05) is 39.0 Å². The number of hydrogen-bond acceptors (Lipinski definition) is 5. The number of carbonyl (C=O) groups is 1. The fourth-order valence-corrected chi connectivity index (χ4v) is 4.99. The van der Waals surface area contributed by atoms with E-state index in [2.05, 4.69) is 40.0 Å². The smallest absolute Gasteiger partial charge is 0.263 e. The summed E-state index contributed by atoms with van der Waals surface area (Å²) in [6.07, 6.45) is 0. The van der Waals surface area contributed by atoms with Crippen molar-refractivity contribution in [2.45, 2.75) is 47.7 Å². The van der Waals surface area contributed by atoms with Crippen LogP contribution in [-0.4, -0.2) is 33.4 Å². The zero-order valence-corrected chi connectivity index (χ0v) is 20.4. The molecule has 2 aromatic heterocycles. The lowest BCUT2D eigenvalue weighted by Gasteiger charge is -2.20. The van der Waals surface area contributed by atoms with Crippen molar-refractivity contribution in [1.82, 2.24) is 14.5 Å². The van der Waals surface area contributed by atoms with Crippen LogP contribution in [0.5, 0.6) is 0 Å². The fourth-order valence-electron chi connectivity index (χ4n) is 3.36. The third-order valence-corrected chi connectivity index (χ3v) is 7.08. The van der Waals surface area contributed by atoms with E-state index < -0.39 is 0 Å². The summed E-state index contributed by atoms with van der Waals surface area (Å²) in [5, 5.41) is 3.52. The minimum absolute atomic E-state index is 0.0764. The molecule has 2 heterocycles. The summed E-state index contributed by atoms with van der Waals surface area (Å²) in [7, 11) is 0. The largest absolute Gasteiger partial charge is 0.324 e. The van der Waals surface area contributed by atoms with Gasteiger partial charge in [-0.3, -0.25) is 19.1 Å². The lowest BCUT2D eigenvalue weighted by Crippen LogP contribution is -2.34. The van der Waals surface area contributed by atoms with Gasteiger partial charge in [-0.1, -0.05) is 19.9 Å². The van der Waals surface area contributed by atoms with Crippen LogP contribution >= 0.6 is 27.3 Å². The molecule has 0 spiro atoms. The third-order valence-electron chi connectivity index (χ3n) is 5.33. The van der Waals surface area contributed by atoms with Crippen LogP contribution in [-0.2, 0) is 17.9 Å². The summed E-state index contributed by atoms with van der Waals surface area (Å²) < 4.78 is 2.33. The van der Waals surface area contributed by atoms with E-state index in [1.54, 1.807) is 0 Å². The summed E-state index contributed by atoms with van der Waals surface area (Å²) in [5.41, 5.74) is 2.57. The van der Waals surface area contributed by atoms with Crippen LogP contribution < -0.4 is 10.9 Å². The third kappa shape index (κ3) is 4.66. The summed E-state index contributed by atoms with van der Waals surface area (Å²) in [6.45, 7) is 12.2. The minimum atomic E-state index is -0.256. The quantitative estimate of drug-likeness (QED) is 0.524. The average molecular weight is 491 g/mol. The Hall–Kier alpha value is -2.03. The SMILES string of the molecule is CCN(CC)Cc1nc2sc(C)c(C)c2c(=O)n1CC(=O)Nc1ccc(C)cc1Br. The number of nitrogens with one attached hydrogen (secondary N) is 1. The number of benzene rings is 1. The molecule has 3 aromatic rings. The molecule has 0 unspecified atom stereocenters. The van der Waals surface area contributed by atoms with Gasteiger partial charge in [0.05, 0.1) is 17.6 Å². The van der Waals surface area contributed by atoms with E-state index in [-0.39, 0.29) is 18.0 Å². The Bertz CT molecular complexity index is 1150. The van der Waals surface area contributed by atoms with Gasteiger partial charge in [-0.05, 0) is 73.1 Å². The van der Waals surface area contributed by atoms with Crippen LogP contribution in [0.1, 0.15) is 35.7 Å². The van der Waals surface area contributed by atoms with Crippen LogP contribution in [0.4, 0.5) is 5.69 Å². The Labute approximate surface area is 189 Å². The molecule has 0 aliphatic heterocycles. The number of hydrogen-bond donors (Lipinski definition) is 1. The number of aromatic nitrogens is 2. The molecule has 3 rings (SSSR count). The van der Waals surface area contributed by atoms with Gasteiger partial charge in [0, 0.05) is 9.35 Å². The molecule has 0 aliphatic carbocycles. The highest BCUT2D eigenvalue weighted by Gasteiger charge is 2.19. The lowest BCUT2D eigenvalue weighted by atomic mass is 10.2. The maximum Gasteiger partial charge on any atom is 0.263 e. The second-order valence-electron chi connectivity index (χ2n) is 7.38. The maximum absolute atomic E-state index is 13.4. The predicted octanol–water partition coefficient (Wildman–Crippen LogP) is 4.63. The van der Waals surface area contributed by atoms with Crippen LogP contribution in [0.15, 0.2) is 27.5 Å². The van der Waals surface area contributed by atoms with Crippen molar-refractivity contribution in [1.29, 1.82) is 0 Å². The van der Waals surface area contributed by atoms with Crippen LogP contribution in [0.25, 0.3) is 10.2 Å². The van der Waals surface area contributed by atoms with Gasteiger partial charge in [0.15, 0.2) is 0 Å². The number of halogens is 1. The second kappa shape index (κ2) is 9.41. The zero-order valence-electron chi connectivity index (χ0n) is 18.0. The van der Waals surface area contributed by atoms with Crippen molar-refractivity contribution < 1.29 is 4.79 Å². The topological polar surface area (TPSA) is 67.2 Å². The normalized spacial score (nSPS) is 11.4. The molecule has 1 amide bonds. The number of thiophene rings is 1. The van der Waals surface area contributed by atoms with Crippen LogP contribution in [0.3, 0.4) is 0 Å². The maximum atomic E-state index is 13.4. The first-order valence-corrected chi connectivity index (χ1v) is 11.6. The molecule has 0 saturated carbocycles. The molecule has 0 atom stereocenters. The summed E-state index contributed by atoms with van der Waals surface area (Å²) >= 11 is 5.02. The average Bonchev–Trinajstić information content (AvgIpc) is 2.98. The first kappa shape index (κ1) is 22.7. The molecule has 30 heavy (non-hydrogen) atoms. The summed E-state index contributed by atoms with van der Waals surface area (Å²) in [6, 6.07) is 5.73. The number of amides is 1. The van der Waals surface area contributed by atoms with E-state index in [0.29, 0.717) is 23.4 Å². The van der Waals surface area contributed by atoms with Gasteiger partial charge >= 0.3 is 0 Å². The van der Waals surface area contributed by atoms with Gasteiger partial charge in [0.25, 0.3) is 5.56 Å². The number of fused-ring (bicyclic) bond motifs is 1. The van der Waals surface area contributed by atoms with Gasteiger partial charge in [0.1, 0.15) is 17.2 Å². The Kier molecular flexibility index (Phi) is 7.10. The van der Waals surface area contributed by atoms with Gasteiger partial charge in [0.2, 0.25) is 5.91 Å². The van der Waals surface area contributed by atoms with Crippen molar-refractivity contribution in [3.63, 3.8) is 0 Å². The monoisotopic (exact) mass is 490 g/mol. The summed E-state index contributed by atoms with van der Waals surface area (Å²) in [5.74, 6) is 0.365. The zero-order chi connectivity index (χ0) is 22.0. The van der Waals surface area contributed by atoms with E-state index >= 15 is 0 Å². The van der Waals surface area contributed by atoms with Crippen molar-refractivity contribution in [2.75, 3.05) is 18.4 Å². The first-order valence-electron chi connectivity index (χ1n) is 10.0. The molecular weight excluding hydrogens is 464 g/mol. The van der Waals surface area contributed by atoms with Crippen molar-refractivity contribution in [2.24, 2.45) is 0 Å². The van der Waals surface area contributed by atoms with Crippen LogP contribution in [0.2, 0.25) is 0 Å².